The lowest BCUT2D eigenvalue weighted by Crippen LogP contribution is -2.36. The van der Waals surface area contributed by atoms with Gasteiger partial charge in [-0.3, -0.25) is 14.3 Å². The second-order valence-electron chi connectivity index (χ2n) is 7.55. The smallest absolute Gasteiger partial charge is 0.280 e. The van der Waals surface area contributed by atoms with Gasteiger partial charge in [-0.15, -0.1) is 0 Å². The molecule has 1 aliphatic heterocycles. The van der Waals surface area contributed by atoms with Crippen molar-refractivity contribution in [2.24, 2.45) is 5.92 Å². The van der Waals surface area contributed by atoms with E-state index in [0.29, 0.717) is 18.4 Å². The van der Waals surface area contributed by atoms with Crippen LogP contribution in [0.2, 0.25) is 0 Å². The Morgan fingerprint density at radius 2 is 1.78 bits per heavy atom. The average molecular weight is 375 g/mol. The van der Waals surface area contributed by atoms with Gasteiger partial charge in [0.2, 0.25) is 0 Å². The molecule has 0 amide bonds. The van der Waals surface area contributed by atoms with Crippen LogP contribution in [0.4, 0.5) is 8.78 Å². The number of hydrogen-bond acceptors (Lipinski definition) is 5. The van der Waals surface area contributed by atoms with Crippen LogP contribution in [-0.4, -0.2) is 37.5 Å². The summed E-state index contributed by atoms with van der Waals surface area (Å²) in [5.74, 6) is 1.89. The van der Waals surface area contributed by atoms with Crippen molar-refractivity contribution in [3.8, 4) is 0 Å². The molecule has 1 saturated heterocycles. The quantitative estimate of drug-likeness (QED) is 0.777. The standard InChI is InChI=1S/C19H23F2N5O/c20-18(21)16-7-17(27)26(12-24-16)11-13-3-5-25(6-4-13)10-14-8-22-19(23-9-14)15-1-2-15/h7-9,12-13,15,18H,1-6,10-11H2. The molecule has 2 aromatic heterocycles. The van der Waals surface area contributed by atoms with Crippen molar-refractivity contribution in [3.63, 3.8) is 0 Å². The zero-order valence-electron chi connectivity index (χ0n) is 15.1. The molecule has 0 bridgehead atoms. The molecular formula is C19H23F2N5O. The van der Waals surface area contributed by atoms with E-state index >= 15 is 0 Å². The maximum atomic E-state index is 12.6. The molecule has 3 heterocycles. The summed E-state index contributed by atoms with van der Waals surface area (Å²) in [5.41, 5.74) is 0.262. The Morgan fingerprint density at radius 3 is 2.37 bits per heavy atom. The van der Waals surface area contributed by atoms with Crippen molar-refractivity contribution in [1.82, 2.24) is 24.4 Å². The summed E-state index contributed by atoms with van der Waals surface area (Å²) >= 11 is 0. The zero-order valence-corrected chi connectivity index (χ0v) is 15.1. The molecule has 0 unspecified atom stereocenters. The van der Waals surface area contributed by atoms with Gasteiger partial charge in [-0.2, -0.15) is 0 Å². The topological polar surface area (TPSA) is 63.9 Å². The highest BCUT2D eigenvalue weighted by atomic mass is 19.3. The van der Waals surface area contributed by atoms with Gasteiger partial charge in [0.25, 0.3) is 12.0 Å². The molecule has 2 aromatic rings. The number of rotatable bonds is 6. The summed E-state index contributed by atoms with van der Waals surface area (Å²) in [6.45, 7) is 3.24. The van der Waals surface area contributed by atoms with Crippen molar-refractivity contribution >= 4 is 0 Å². The van der Waals surface area contributed by atoms with Crippen LogP contribution in [0.5, 0.6) is 0 Å². The minimum atomic E-state index is -2.71. The molecular weight excluding hydrogens is 352 g/mol. The van der Waals surface area contributed by atoms with Crippen LogP contribution in [0.3, 0.4) is 0 Å². The van der Waals surface area contributed by atoms with Crippen molar-refractivity contribution in [3.05, 3.63) is 52.2 Å². The van der Waals surface area contributed by atoms with E-state index < -0.39 is 17.7 Å². The van der Waals surface area contributed by atoms with Crippen LogP contribution >= 0.6 is 0 Å². The SMILES string of the molecule is O=c1cc(C(F)F)ncn1CC1CCN(Cc2cnc(C3CC3)nc2)CC1. The molecule has 0 N–H and O–H groups in total. The first-order valence-electron chi connectivity index (χ1n) is 9.46. The Hall–Kier alpha value is -2.22. The third-order valence-electron chi connectivity index (χ3n) is 5.36. The predicted molar refractivity (Wildman–Crippen MR) is 95.5 cm³/mol. The van der Waals surface area contributed by atoms with Gasteiger partial charge in [-0.25, -0.2) is 23.7 Å². The van der Waals surface area contributed by atoms with Crippen LogP contribution in [-0.2, 0) is 13.1 Å². The Balaban J connectivity index is 1.28. The molecule has 2 fully saturated rings. The van der Waals surface area contributed by atoms with Gasteiger partial charge in [-0.1, -0.05) is 0 Å². The van der Waals surface area contributed by atoms with E-state index in [1.54, 1.807) is 0 Å². The number of halogens is 2. The lowest BCUT2D eigenvalue weighted by atomic mass is 9.96. The van der Waals surface area contributed by atoms with Gasteiger partial charge in [0.05, 0.1) is 6.33 Å². The summed E-state index contributed by atoms with van der Waals surface area (Å²) < 4.78 is 26.6. The molecule has 0 radical (unpaired) electrons. The Morgan fingerprint density at radius 1 is 1.07 bits per heavy atom. The molecule has 1 aliphatic carbocycles. The molecule has 27 heavy (non-hydrogen) atoms. The first-order valence-corrected chi connectivity index (χ1v) is 9.46. The van der Waals surface area contributed by atoms with E-state index in [1.807, 2.05) is 12.4 Å². The van der Waals surface area contributed by atoms with Crippen molar-refractivity contribution < 1.29 is 8.78 Å². The second kappa shape index (κ2) is 7.80. The molecule has 144 valence electrons. The number of likely N-dealkylation sites (tertiary alicyclic amines) is 1. The van der Waals surface area contributed by atoms with Crippen molar-refractivity contribution in [2.45, 2.75) is 51.1 Å². The summed E-state index contributed by atoms with van der Waals surface area (Å²) in [6, 6.07) is 0.936. The van der Waals surface area contributed by atoms with E-state index in [4.69, 9.17) is 0 Å². The summed E-state index contributed by atoms with van der Waals surface area (Å²) in [5, 5.41) is 0. The van der Waals surface area contributed by atoms with E-state index in [1.165, 1.54) is 23.7 Å². The third-order valence-corrected chi connectivity index (χ3v) is 5.36. The van der Waals surface area contributed by atoms with Crippen molar-refractivity contribution in [2.75, 3.05) is 13.1 Å². The number of aromatic nitrogens is 4. The first-order chi connectivity index (χ1) is 13.1. The van der Waals surface area contributed by atoms with Gasteiger partial charge in [0.15, 0.2) is 0 Å². The molecule has 6 nitrogen and oxygen atoms in total. The lowest BCUT2D eigenvalue weighted by molar-refractivity contribution is 0.144. The maximum Gasteiger partial charge on any atom is 0.280 e. The monoisotopic (exact) mass is 375 g/mol. The van der Waals surface area contributed by atoms with Crippen LogP contribution in [0.25, 0.3) is 0 Å². The fraction of sp³-hybridized carbons (Fsp3) is 0.579. The number of alkyl halides is 2. The fourth-order valence-electron chi connectivity index (χ4n) is 3.56. The second-order valence-corrected chi connectivity index (χ2v) is 7.55. The van der Waals surface area contributed by atoms with E-state index in [9.17, 15) is 13.6 Å². The largest absolute Gasteiger partial charge is 0.299 e. The number of piperidine rings is 1. The zero-order chi connectivity index (χ0) is 18.8. The summed E-state index contributed by atoms with van der Waals surface area (Å²) in [4.78, 5) is 27.0. The average Bonchev–Trinajstić information content (AvgIpc) is 3.51. The minimum Gasteiger partial charge on any atom is -0.299 e. The maximum absolute atomic E-state index is 12.6. The van der Waals surface area contributed by atoms with Crippen LogP contribution in [0.15, 0.2) is 29.6 Å². The highest BCUT2D eigenvalue weighted by Crippen LogP contribution is 2.37. The molecule has 0 aromatic carbocycles. The van der Waals surface area contributed by atoms with Gasteiger partial charge < -0.3 is 0 Å². The van der Waals surface area contributed by atoms with Gasteiger partial charge in [-0.05, 0) is 44.7 Å². The third kappa shape index (κ3) is 4.55. The highest BCUT2D eigenvalue weighted by molar-refractivity contribution is 5.10. The summed E-state index contributed by atoms with van der Waals surface area (Å²) in [6.07, 6.45) is 6.73. The van der Waals surface area contributed by atoms with Crippen LogP contribution in [0, 0.1) is 5.92 Å². The van der Waals surface area contributed by atoms with E-state index in [-0.39, 0.29) is 0 Å². The van der Waals surface area contributed by atoms with Crippen LogP contribution in [0.1, 0.15) is 55.1 Å². The van der Waals surface area contributed by atoms with E-state index in [2.05, 4.69) is 19.9 Å². The van der Waals surface area contributed by atoms with Crippen LogP contribution < -0.4 is 5.56 Å². The Labute approximate surface area is 156 Å². The molecule has 2 aliphatic rings. The fourth-order valence-corrected chi connectivity index (χ4v) is 3.56. The molecule has 4 rings (SSSR count). The molecule has 8 heteroatoms. The molecule has 0 spiro atoms. The number of nitrogens with zero attached hydrogens (tertiary/aromatic N) is 5. The van der Waals surface area contributed by atoms with Gasteiger partial charge >= 0.3 is 0 Å². The van der Waals surface area contributed by atoms with E-state index in [0.717, 1.165) is 49.9 Å². The minimum absolute atomic E-state index is 0.353. The summed E-state index contributed by atoms with van der Waals surface area (Å²) in [7, 11) is 0. The molecule has 0 atom stereocenters. The highest BCUT2D eigenvalue weighted by Gasteiger charge is 2.26. The number of hydrogen-bond donors (Lipinski definition) is 0. The Kier molecular flexibility index (Phi) is 5.24. The Bertz CT molecular complexity index is 827. The van der Waals surface area contributed by atoms with Gasteiger partial charge in [0.1, 0.15) is 11.5 Å². The predicted octanol–water partition coefficient (Wildman–Crippen LogP) is 2.76. The first kappa shape index (κ1) is 18.2. The van der Waals surface area contributed by atoms with Crippen molar-refractivity contribution in [1.29, 1.82) is 0 Å². The van der Waals surface area contributed by atoms with Gasteiger partial charge in [0, 0.05) is 43.0 Å². The molecule has 1 saturated carbocycles. The normalized spacial score (nSPS) is 18.9. The lowest BCUT2D eigenvalue weighted by Gasteiger charge is -2.32.